The van der Waals surface area contributed by atoms with E-state index in [0.29, 0.717) is 6.54 Å². The number of benzene rings is 2. The maximum Gasteiger partial charge on any atom is 0.123 e. The Morgan fingerprint density at radius 3 is 2.44 bits per heavy atom. The molecule has 0 unspecified atom stereocenters. The standard InChI is InChI=1S/C14H12BrF2N/c1-9-6-11(16)3-5-14(9)18-8-10-7-12(17)2-4-13(10)15/h2-7,18H,8H2,1H3. The van der Waals surface area contributed by atoms with Crippen molar-refractivity contribution >= 4 is 21.6 Å². The molecule has 18 heavy (non-hydrogen) atoms. The smallest absolute Gasteiger partial charge is 0.123 e. The highest BCUT2D eigenvalue weighted by Gasteiger charge is 2.04. The third kappa shape index (κ3) is 3.07. The first-order valence-corrected chi connectivity index (χ1v) is 6.29. The minimum Gasteiger partial charge on any atom is -0.381 e. The highest BCUT2D eigenvalue weighted by atomic mass is 79.9. The van der Waals surface area contributed by atoms with Gasteiger partial charge < -0.3 is 5.32 Å². The molecule has 0 aliphatic rings. The largest absolute Gasteiger partial charge is 0.381 e. The predicted octanol–water partition coefficient (Wildman–Crippen LogP) is 4.65. The second kappa shape index (κ2) is 5.48. The SMILES string of the molecule is Cc1cc(F)ccc1NCc1cc(F)ccc1Br. The summed E-state index contributed by atoms with van der Waals surface area (Å²) in [6.45, 7) is 2.30. The Hall–Kier alpha value is -1.42. The maximum atomic E-state index is 13.1. The molecule has 0 radical (unpaired) electrons. The lowest BCUT2D eigenvalue weighted by atomic mass is 10.1. The Labute approximate surface area is 113 Å². The molecule has 0 aromatic heterocycles. The van der Waals surface area contributed by atoms with Gasteiger partial charge in [-0.05, 0) is 54.4 Å². The van der Waals surface area contributed by atoms with Crippen LogP contribution in [-0.4, -0.2) is 0 Å². The number of hydrogen-bond acceptors (Lipinski definition) is 1. The Kier molecular flexibility index (Phi) is 3.97. The van der Waals surface area contributed by atoms with Crippen molar-refractivity contribution in [1.29, 1.82) is 0 Å². The summed E-state index contributed by atoms with van der Waals surface area (Å²) < 4.78 is 26.9. The van der Waals surface area contributed by atoms with Crippen LogP contribution in [0.1, 0.15) is 11.1 Å². The molecule has 0 bridgehead atoms. The number of nitrogens with one attached hydrogen (secondary N) is 1. The summed E-state index contributed by atoms with van der Waals surface area (Å²) in [4.78, 5) is 0. The van der Waals surface area contributed by atoms with Crippen molar-refractivity contribution in [2.45, 2.75) is 13.5 Å². The van der Waals surface area contributed by atoms with Crippen LogP contribution in [0.5, 0.6) is 0 Å². The van der Waals surface area contributed by atoms with E-state index in [1.165, 1.54) is 24.3 Å². The van der Waals surface area contributed by atoms with Crippen molar-refractivity contribution in [3.05, 3.63) is 63.6 Å². The Morgan fingerprint density at radius 2 is 1.72 bits per heavy atom. The normalized spacial score (nSPS) is 10.4. The monoisotopic (exact) mass is 311 g/mol. The molecule has 0 saturated heterocycles. The van der Waals surface area contributed by atoms with E-state index < -0.39 is 0 Å². The zero-order valence-electron chi connectivity index (χ0n) is 9.81. The lowest BCUT2D eigenvalue weighted by molar-refractivity contribution is 0.625. The molecule has 2 aromatic carbocycles. The maximum absolute atomic E-state index is 13.1. The third-order valence-corrected chi connectivity index (χ3v) is 3.44. The Morgan fingerprint density at radius 1 is 1.06 bits per heavy atom. The van der Waals surface area contributed by atoms with Crippen LogP contribution >= 0.6 is 15.9 Å². The summed E-state index contributed by atoms with van der Waals surface area (Å²) >= 11 is 3.37. The predicted molar refractivity (Wildman–Crippen MR) is 72.6 cm³/mol. The van der Waals surface area contributed by atoms with Gasteiger partial charge in [0.2, 0.25) is 0 Å². The van der Waals surface area contributed by atoms with Gasteiger partial charge in [-0.15, -0.1) is 0 Å². The first kappa shape index (κ1) is 13.0. The van der Waals surface area contributed by atoms with E-state index in [-0.39, 0.29) is 11.6 Å². The first-order valence-electron chi connectivity index (χ1n) is 5.50. The zero-order valence-corrected chi connectivity index (χ0v) is 11.4. The quantitative estimate of drug-likeness (QED) is 0.870. The van der Waals surface area contributed by atoms with Gasteiger partial charge in [0.15, 0.2) is 0 Å². The van der Waals surface area contributed by atoms with Gasteiger partial charge in [-0.3, -0.25) is 0 Å². The highest BCUT2D eigenvalue weighted by molar-refractivity contribution is 9.10. The van der Waals surface area contributed by atoms with Gasteiger partial charge in [0, 0.05) is 16.7 Å². The molecule has 0 atom stereocenters. The summed E-state index contributed by atoms with van der Waals surface area (Å²) in [6, 6.07) is 9.08. The summed E-state index contributed by atoms with van der Waals surface area (Å²) in [5, 5.41) is 3.16. The van der Waals surface area contributed by atoms with Gasteiger partial charge in [-0.1, -0.05) is 15.9 Å². The molecule has 0 amide bonds. The number of halogens is 3. The van der Waals surface area contributed by atoms with E-state index in [0.717, 1.165) is 21.3 Å². The van der Waals surface area contributed by atoms with Crippen LogP contribution in [0.3, 0.4) is 0 Å². The molecule has 2 aromatic rings. The molecule has 0 heterocycles. The lowest BCUT2D eigenvalue weighted by Crippen LogP contribution is -2.02. The molecular formula is C14H12BrF2N. The number of anilines is 1. The molecule has 0 spiro atoms. The second-order valence-electron chi connectivity index (χ2n) is 4.05. The van der Waals surface area contributed by atoms with Gasteiger partial charge in [0.05, 0.1) is 0 Å². The fraction of sp³-hybridized carbons (Fsp3) is 0.143. The Balaban J connectivity index is 2.13. The molecule has 4 heteroatoms. The highest BCUT2D eigenvalue weighted by Crippen LogP contribution is 2.21. The van der Waals surface area contributed by atoms with Gasteiger partial charge in [-0.25, -0.2) is 8.78 Å². The zero-order chi connectivity index (χ0) is 13.1. The van der Waals surface area contributed by atoms with Crippen LogP contribution in [0.2, 0.25) is 0 Å². The lowest BCUT2D eigenvalue weighted by Gasteiger charge is -2.11. The van der Waals surface area contributed by atoms with Gasteiger partial charge in [-0.2, -0.15) is 0 Å². The number of rotatable bonds is 3. The van der Waals surface area contributed by atoms with Crippen LogP contribution in [0.15, 0.2) is 40.9 Å². The van der Waals surface area contributed by atoms with Crippen molar-refractivity contribution < 1.29 is 8.78 Å². The van der Waals surface area contributed by atoms with Crippen molar-refractivity contribution in [2.24, 2.45) is 0 Å². The van der Waals surface area contributed by atoms with Crippen LogP contribution in [0, 0.1) is 18.6 Å². The molecule has 0 fully saturated rings. The first-order chi connectivity index (χ1) is 8.56. The Bertz CT molecular complexity index is 570. The van der Waals surface area contributed by atoms with Crippen LogP contribution in [0.25, 0.3) is 0 Å². The van der Waals surface area contributed by atoms with Crippen LogP contribution < -0.4 is 5.32 Å². The van der Waals surface area contributed by atoms with Gasteiger partial charge >= 0.3 is 0 Å². The molecule has 2 rings (SSSR count). The van der Waals surface area contributed by atoms with E-state index >= 15 is 0 Å². The van der Waals surface area contributed by atoms with Gasteiger partial charge in [0.25, 0.3) is 0 Å². The third-order valence-electron chi connectivity index (χ3n) is 2.67. The van der Waals surface area contributed by atoms with Gasteiger partial charge in [0.1, 0.15) is 11.6 Å². The fourth-order valence-corrected chi connectivity index (χ4v) is 2.08. The molecule has 0 aliphatic heterocycles. The number of aryl methyl sites for hydroxylation is 1. The van der Waals surface area contributed by atoms with E-state index in [2.05, 4.69) is 21.2 Å². The summed E-state index contributed by atoms with van der Waals surface area (Å²) in [7, 11) is 0. The molecule has 94 valence electrons. The number of hydrogen-bond donors (Lipinski definition) is 1. The van der Waals surface area contributed by atoms with Crippen LogP contribution in [0.4, 0.5) is 14.5 Å². The van der Waals surface area contributed by atoms with Crippen molar-refractivity contribution in [2.75, 3.05) is 5.32 Å². The van der Waals surface area contributed by atoms with Crippen molar-refractivity contribution in [3.8, 4) is 0 Å². The minimum absolute atomic E-state index is 0.259. The summed E-state index contributed by atoms with van der Waals surface area (Å²) in [6.07, 6.45) is 0. The molecular weight excluding hydrogens is 300 g/mol. The van der Waals surface area contributed by atoms with Crippen molar-refractivity contribution in [1.82, 2.24) is 0 Å². The van der Waals surface area contributed by atoms with E-state index in [1.807, 2.05) is 6.92 Å². The molecule has 0 saturated carbocycles. The fourth-order valence-electron chi connectivity index (χ4n) is 1.69. The average Bonchev–Trinajstić information content (AvgIpc) is 2.32. The average molecular weight is 312 g/mol. The van der Waals surface area contributed by atoms with Crippen LogP contribution in [-0.2, 0) is 6.54 Å². The topological polar surface area (TPSA) is 12.0 Å². The van der Waals surface area contributed by atoms with E-state index in [1.54, 1.807) is 12.1 Å². The summed E-state index contributed by atoms with van der Waals surface area (Å²) in [5.41, 5.74) is 2.48. The second-order valence-corrected chi connectivity index (χ2v) is 4.90. The summed E-state index contributed by atoms with van der Waals surface area (Å²) in [5.74, 6) is -0.532. The van der Waals surface area contributed by atoms with Crippen molar-refractivity contribution in [3.63, 3.8) is 0 Å². The van der Waals surface area contributed by atoms with E-state index in [4.69, 9.17) is 0 Å². The van der Waals surface area contributed by atoms with E-state index in [9.17, 15) is 8.78 Å². The molecule has 1 N–H and O–H groups in total. The molecule has 0 aliphatic carbocycles. The minimum atomic E-state index is -0.272. The molecule has 1 nitrogen and oxygen atoms in total.